The van der Waals surface area contributed by atoms with Crippen molar-refractivity contribution in [2.75, 3.05) is 0 Å². The minimum Gasteiger partial charge on any atom is -0.370 e. The van der Waals surface area contributed by atoms with Gasteiger partial charge in [-0.3, -0.25) is 9.59 Å². The van der Waals surface area contributed by atoms with Crippen molar-refractivity contribution in [1.29, 1.82) is 0 Å². The molecule has 0 spiro atoms. The van der Waals surface area contributed by atoms with Crippen molar-refractivity contribution in [3.8, 4) is 0 Å². The van der Waals surface area contributed by atoms with Crippen LogP contribution in [0.2, 0.25) is 0 Å². The Labute approximate surface area is 212 Å². The van der Waals surface area contributed by atoms with Gasteiger partial charge < -0.3 is 11.1 Å². The molecule has 4 nitrogen and oxygen atoms in total. The fourth-order valence-corrected chi connectivity index (χ4v) is 5.55. The highest BCUT2D eigenvalue weighted by Crippen LogP contribution is 2.29. The normalized spacial score (nSPS) is 18.1. The second-order valence-electron chi connectivity index (χ2n) is 11.1. The molecule has 0 aromatic rings. The molecule has 1 fully saturated rings. The van der Waals surface area contributed by atoms with Gasteiger partial charge in [0, 0.05) is 18.9 Å². The molecular formula is C30H58N2O2. The van der Waals surface area contributed by atoms with Gasteiger partial charge in [-0.05, 0) is 31.6 Å². The number of unbranched alkanes of at least 4 members (excludes halogenated alkanes) is 16. The summed E-state index contributed by atoms with van der Waals surface area (Å²) in [4.78, 5) is 23.1. The molecule has 0 bridgehead atoms. The summed E-state index contributed by atoms with van der Waals surface area (Å²) < 4.78 is 0. The zero-order valence-corrected chi connectivity index (χ0v) is 22.7. The second kappa shape index (κ2) is 22.4. The summed E-state index contributed by atoms with van der Waals surface area (Å²) in [6.07, 6.45) is 30.8. The van der Waals surface area contributed by atoms with Crippen molar-refractivity contribution in [2.45, 2.75) is 173 Å². The average molecular weight is 479 g/mol. The number of hydrogen-bond donors (Lipinski definition) is 2. The number of hydrogen-bond acceptors (Lipinski definition) is 2. The number of amides is 2. The topological polar surface area (TPSA) is 72.2 Å². The zero-order valence-electron chi connectivity index (χ0n) is 22.7. The third-order valence-corrected chi connectivity index (χ3v) is 7.69. The highest BCUT2D eigenvalue weighted by molar-refractivity contribution is 5.76. The van der Waals surface area contributed by atoms with Gasteiger partial charge in [-0.15, -0.1) is 0 Å². The summed E-state index contributed by atoms with van der Waals surface area (Å²) in [6.45, 7) is 2.27. The largest absolute Gasteiger partial charge is 0.370 e. The standard InChI is InChI=1S/C30H58N2O2/c1-2-3-4-5-6-8-13-16-19-25-30(34)32-28-23-20-22-27(26-28)21-17-14-11-9-7-10-12-15-18-24-29(31)33/h27-28H,2-26H2,1H3,(H2,31,33)(H,32,34). The molecule has 0 aliphatic heterocycles. The van der Waals surface area contributed by atoms with E-state index in [1.165, 1.54) is 128 Å². The predicted octanol–water partition coefficient (Wildman–Crippen LogP) is 8.36. The van der Waals surface area contributed by atoms with Crippen LogP contribution in [0.25, 0.3) is 0 Å². The Morgan fingerprint density at radius 2 is 1.18 bits per heavy atom. The van der Waals surface area contributed by atoms with Crippen LogP contribution < -0.4 is 11.1 Å². The van der Waals surface area contributed by atoms with E-state index in [1.807, 2.05) is 0 Å². The van der Waals surface area contributed by atoms with E-state index >= 15 is 0 Å². The lowest BCUT2D eigenvalue weighted by molar-refractivity contribution is -0.122. The SMILES string of the molecule is CCCCCCCCCCCC(=O)NC1CCCC(CCCCCCCCCCCC(N)=O)C1. The Hall–Kier alpha value is -1.06. The van der Waals surface area contributed by atoms with Crippen LogP contribution in [0.3, 0.4) is 0 Å². The molecule has 2 amide bonds. The molecule has 34 heavy (non-hydrogen) atoms. The van der Waals surface area contributed by atoms with E-state index in [9.17, 15) is 9.59 Å². The third kappa shape index (κ3) is 19.3. The van der Waals surface area contributed by atoms with Gasteiger partial charge in [0.1, 0.15) is 0 Å². The molecule has 2 atom stereocenters. The lowest BCUT2D eigenvalue weighted by Gasteiger charge is -2.30. The van der Waals surface area contributed by atoms with Gasteiger partial charge in [0.25, 0.3) is 0 Å². The van der Waals surface area contributed by atoms with Crippen molar-refractivity contribution in [3.05, 3.63) is 0 Å². The first-order chi connectivity index (χ1) is 16.6. The molecule has 1 aliphatic carbocycles. The molecule has 0 aromatic carbocycles. The van der Waals surface area contributed by atoms with Crippen LogP contribution in [-0.2, 0) is 9.59 Å². The molecule has 1 aliphatic rings. The van der Waals surface area contributed by atoms with E-state index in [0.29, 0.717) is 18.4 Å². The Kier molecular flexibility index (Phi) is 20.4. The highest BCUT2D eigenvalue weighted by Gasteiger charge is 2.22. The molecule has 0 radical (unpaired) electrons. The maximum atomic E-state index is 12.4. The maximum absolute atomic E-state index is 12.4. The molecule has 1 rings (SSSR count). The first-order valence-corrected chi connectivity index (χ1v) is 15.2. The Bertz CT molecular complexity index is 494. The van der Waals surface area contributed by atoms with Crippen molar-refractivity contribution >= 4 is 11.8 Å². The monoisotopic (exact) mass is 478 g/mol. The number of carbonyl (C=O) groups is 2. The van der Waals surface area contributed by atoms with Gasteiger partial charge in [-0.25, -0.2) is 0 Å². The molecule has 2 unspecified atom stereocenters. The van der Waals surface area contributed by atoms with Gasteiger partial charge >= 0.3 is 0 Å². The molecule has 4 heteroatoms. The zero-order chi connectivity index (χ0) is 24.7. The Balaban J connectivity index is 1.93. The van der Waals surface area contributed by atoms with Crippen molar-refractivity contribution < 1.29 is 9.59 Å². The summed E-state index contributed by atoms with van der Waals surface area (Å²) in [5, 5.41) is 3.35. The summed E-state index contributed by atoms with van der Waals surface area (Å²) in [5.41, 5.74) is 5.17. The molecule has 200 valence electrons. The van der Waals surface area contributed by atoms with Crippen molar-refractivity contribution in [2.24, 2.45) is 11.7 Å². The van der Waals surface area contributed by atoms with Gasteiger partial charge in [-0.2, -0.15) is 0 Å². The maximum Gasteiger partial charge on any atom is 0.220 e. The van der Waals surface area contributed by atoms with E-state index in [1.54, 1.807) is 0 Å². The minimum absolute atomic E-state index is 0.166. The lowest BCUT2D eigenvalue weighted by Crippen LogP contribution is -2.38. The summed E-state index contributed by atoms with van der Waals surface area (Å²) >= 11 is 0. The van der Waals surface area contributed by atoms with E-state index in [-0.39, 0.29) is 5.91 Å². The summed E-state index contributed by atoms with van der Waals surface area (Å²) in [7, 11) is 0. The molecular weight excluding hydrogens is 420 g/mol. The Morgan fingerprint density at radius 3 is 1.74 bits per heavy atom. The minimum atomic E-state index is -0.166. The first-order valence-electron chi connectivity index (χ1n) is 15.2. The van der Waals surface area contributed by atoms with Gasteiger partial charge in [0.05, 0.1) is 0 Å². The van der Waals surface area contributed by atoms with Crippen LogP contribution in [0.1, 0.15) is 167 Å². The number of carbonyl (C=O) groups excluding carboxylic acids is 2. The molecule has 1 saturated carbocycles. The molecule has 0 heterocycles. The molecule has 3 N–H and O–H groups in total. The van der Waals surface area contributed by atoms with Crippen LogP contribution >= 0.6 is 0 Å². The van der Waals surface area contributed by atoms with Gasteiger partial charge in [0.2, 0.25) is 11.8 Å². The van der Waals surface area contributed by atoms with Crippen LogP contribution in [0.15, 0.2) is 0 Å². The lowest BCUT2D eigenvalue weighted by atomic mass is 9.82. The van der Waals surface area contributed by atoms with E-state index in [0.717, 1.165) is 31.6 Å². The third-order valence-electron chi connectivity index (χ3n) is 7.69. The van der Waals surface area contributed by atoms with E-state index < -0.39 is 0 Å². The average Bonchev–Trinajstić information content (AvgIpc) is 2.81. The van der Waals surface area contributed by atoms with Crippen molar-refractivity contribution in [3.63, 3.8) is 0 Å². The number of rotatable bonds is 23. The van der Waals surface area contributed by atoms with Crippen LogP contribution in [0, 0.1) is 5.92 Å². The van der Waals surface area contributed by atoms with Gasteiger partial charge in [0.15, 0.2) is 0 Å². The van der Waals surface area contributed by atoms with Crippen LogP contribution in [-0.4, -0.2) is 17.9 Å². The predicted molar refractivity (Wildman–Crippen MR) is 146 cm³/mol. The highest BCUT2D eigenvalue weighted by atomic mass is 16.2. The van der Waals surface area contributed by atoms with E-state index in [4.69, 9.17) is 5.73 Å². The number of nitrogens with two attached hydrogens (primary N) is 1. The quantitative estimate of drug-likeness (QED) is 0.145. The number of nitrogens with one attached hydrogen (secondary N) is 1. The fraction of sp³-hybridized carbons (Fsp3) is 0.933. The molecule has 0 saturated heterocycles. The number of primary amides is 1. The second-order valence-corrected chi connectivity index (χ2v) is 11.1. The van der Waals surface area contributed by atoms with Gasteiger partial charge in [-0.1, -0.05) is 129 Å². The summed E-state index contributed by atoms with van der Waals surface area (Å²) in [6, 6.07) is 0.430. The first kappa shape index (κ1) is 31.0. The van der Waals surface area contributed by atoms with E-state index in [2.05, 4.69) is 12.2 Å². The smallest absolute Gasteiger partial charge is 0.220 e. The van der Waals surface area contributed by atoms with Crippen LogP contribution in [0.5, 0.6) is 0 Å². The summed E-state index contributed by atoms with van der Waals surface area (Å²) in [5.74, 6) is 0.945. The van der Waals surface area contributed by atoms with Crippen molar-refractivity contribution in [1.82, 2.24) is 5.32 Å². The fourth-order valence-electron chi connectivity index (χ4n) is 5.55. The molecule has 0 aromatic heterocycles. The van der Waals surface area contributed by atoms with Crippen LogP contribution in [0.4, 0.5) is 0 Å². The Morgan fingerprint density at radius 1 is 0.676 bits per heavy atom.